The van der Waals surface area contributed by atoms with Gasteiger partial charge in [0.25, 0.3) is 10.0 Å². The van der Waals surface area contributed by atoms with Crippen LogP contribution in [0.5, 0.6) is 0 Å². The lowest BCUT2D eigenvalue weighted by molar-refractivity contribution is -0.140. The number of carbonyl (C=O) groups excluding carboxylic acids is 2. The van der Waals surface area contributed by atoms with E-state index in [1.165, 1.54) is 53.4 Å². The van der Waals surface area contributed by atoms with Crippen molar-refractivity contribution in [2.75, 3.05) is 17.4 Å². The molecule has 0 aliphatic heterocycles. The molecule has 45 heavy (non-hydrogen) atoms. The van der Waals surface area contributed by atoms with E-state index in [1.54, 1.807) is 36.4 Å². The fourth-order valence-electron chi connectivity index (χ4n) is 4.68. The summed E-state index contributed by atoms with van der Waals surface area (Å²) in [5, 5.41) is 2.53. The van der Waals surface area contributed by atoms with E-state index < -0.39 is 46.1 Å². The minimum atomic E-state index is -4.39. The van der Waals surface area contributed by atoms with Gasteiger partial charge in [-0.2, -0.15) is 0 Å². The molecule has 0 fully saturated rings. The molecular formula is C34H34ClF2N3O4S. The molecule has 0 spiro atoms. The molecule has 2 amide bonds. The zero-order valence-corrected chi connectivity index (χ0v) is 26.4. The molecule has 0 unspecified atom stereocenters. The highest BCUT2D eigenvalue weighted by molar-refractivity contribution is 7.92. The van der Waals surface area contributed by atoms with Gasteiger partial charge in [0.2, 0.25) is 11.8 Å². The zero-order valence-electron chi connectivity index (χ0n) is 24.9. The van der Waals surface area contributed by atoms with E-state index in [1.807, 2.05) is 19.9 Å². The van der Waals surface area contributed by atoms with Crippen LogP contribution in [0.1, 0.15) is 25.0 Å². The number of halogens is 3. The largest absolute Gasteiger partial charge is 0.354 e. The highest BCUT2D eigenvalue weighted by Crippen LogP contribution is 2.28. The fourth-order valence-corrected chi connectivity index (χ4v) is 6.28. The van der Waals surface area contributed by atoms with E-state index in [-0.39, 0.29) is 40.1 Å². The maximum absolute atomic E-state index is 15.0. The minimum absolute atomic E-state index is 0.0617. The first-order valence-electron chi connectivity index (χ1n) is 14.3. The molecule has 0 aliphatic carbocycles. The second-order valence-corrected chi connectivity index (χ2v) is 13.2. The van der Waals surface area contributed by atoms with Crippen LogP contribution in [0.25, 0.3) is 0 Å². The molecule has 236 valence electrons. The van der Waals surface area contributed by atoms with Gasteiger partial charge in [0.05, 0.1) is 15.6 Å². The molecule has 0 heterocycles. The van der Waals surface area contributed by atoms with E-state index >= 15 is 0 Å². The Balaban J connectivity index is 1.82. The Morgan fingerprint density at radius 3 is 2.09 bits per heavy atom. The van der Waals surface area contributed by atoms with Crippen LogP contribution in [0.15, 0.2) is 108 Å². The van der Waals surface area contributed by atoms with Gasteiger partial charge in [0.1, 0.15) is 24.2 Å². The quantitative estimate of drug-likeness (QED) is 0.186. The van der Waals surface area contributed by atoms with Crippen LogP contribution < -0.4 is 9.62 Å². The number of nitrogens with one attached hydrogen (secondary N) is 1. The van der Waals surface area contributed by atoms with Crippen molar-refractivity contribution in [1.82, 2.24) is 10.2 Å². The van der Waals surface area contributed by atoms with Crippen LogP contribution in [0, 0.1) is 17.6 Å². The zero-order chi connectivity index (χ0) is 32.6. The highest BCUT2D eigenvalue weighted by Gasteiger charge is 2.35. The molecule has 1 atom stereocenters. The topological polar surface area (TPSA) is 86.8 Å². The second kappa shape index (κ2) is 15.1. The van der Waals surface area contributed by atoms with Crippen LogP contribution in [-0.2, 0) is 32.6 Å². The number of nitrogens with zero attached hydrogens (tertiary/aromatic N) is 2. The van der Waals surface area contributed by atoms with Crippen molar-refractivity contribution in [3.8, 4) is 0 Å². The summed E-state index contributed by atoms with van der Waals surface area (Å²) in [6, 6.07) is 24.5. The van der Waals surface area contributed by atoms with Crippen molar-refractivity contribution in [1.29, 1.82) is 0 Å². The van der Waals surface area contributed by atoms with Gasteiger partial charge >= 0.3 is 0 Å². The Morgan fingerprint density at radius 1 is 0.844 bits per heavy atom. The Labute approximate surface area is 267 Å². The maximum atomic E-state index is 15.0. The van der Waals surface area contributed by atoms with Crippen LogP contribution in [0.2, 0.25) is 5.02 Å². The van der Waals surface area contributed by atoms with Gasteiger partial charge in [0, 0.05) is 25.1 Å². The molecule has 0 saturated carbocycles. The number of hydrogen-bond donors (Lipinski definition) is 1. The van der Waals surface area contributed by atoms with E-state index in [9.17, 15) is 26.8 Å². The third-order valence-corrected chi connectivity index (χ3v) is 9.13. The lowest BCUT2D eigenvalue weighted by Gasteiger charge is -2.34. The Bertz CT molecular complexity index is 1720. The molecule has 11 heteroatoms. The minimum Gasteiger partial charge on any atom is -0.354 e. The Kier molecular flexibility index (Phi) is 11.3. The third kappa shape index (κ3) is 8.67. The fraction of sp³-hybridized carbons (Fsp3) is 0.235. The molecule has 7 nitrogen and oxygen atoms in total. The number of sulfonamides is 1. The summed E-state index contributed by atoms with van der Waals surface area (Å²) in [4.78, 5) is 29.2. The van der Waals surface area contributed by atoms with Crippen LogP contribution >= 0.6 is 11.6 Å². The first kappa shape index (κ1) is 33.6. The van der Waals surface area contributed by atoms with Gasteiger partial charge in [-0.15, -0.1) is 0 Å². The number of rotatable bonds is 13. The highest BCUT2D eigenvalue weighted by atomic mass is 35.5. The number of anilines is 1. The second-order valence-electron chi connectivity index (χ2n) is 10.9. The summed E-state index contributed by atoms with van der Waals surface area (Å²) >= 11 is 6.03. The van der Waals surface area contributed by atoms with Crippen LogP contribution in [-0.4, -0.2) is 44.3 Å². The van der Waals surface area contributed by atoms with E-state index in [2.05, 4.69) is 5.32 Å². The Hall–Kier alpha value is -4.28. The molecule has 0 radical (unpaired) electrons. The summed E-state index contributed by atoms with van der Waals surface area (Å²) in [6.45, 7) is 3.08. The van der Waals surface area contributed by atoms with Crippen molar-refractivity contribution in [2.24, 2.45) is 5.92 Å². The summed E-state index contributed by atoms with van der Waals surface area (Å²) in [5.74, 6) is -2.50. The summed E-state index contributed by atoms with van der Waals surface area (Å²) in [5.41, 5.74) is 0.823. The van der Waals surface area contributed by atoms with Crippen molar-refractivity contribution in [3.05, 3.63) is 131 Å². The predicted octanol–water partition coefficient (Wildman–Crippen LogP) is 6.23. The summed E-state index contributed by atoms with van der Waals surface area (Å²) in [7, 11) is -4.39. The predicted molar refractivity (Wildman–Crippen MR) is 171 cm³/mol. The molecule has 0 bridgehead atoms. The van der Waals surface area contributed by atoms with Gasteiger partial charge < -0.3 is 10.2 Å². The SMILES string of the molecule is CC(C)CNC(=O)[C@H](Cc1ccccc1)N(Cc1ccccc1F)C(=O)CN(c1ccc(F)c(Cl)c1)S(=O)(=O)c1ccccc1. The molecular weight excluding hydrogens is 620 g/mol. The summed E-state index contributed by atoms with van der Waals surface area (Å²) in [6.07, 6.45) is 0.0821. The van der Waals surface area contributed by atoms with Crippen molar-refractivity contribution in [2.45, 2.75) is 37.8 Å². The van der Waals surface area contributed by atoms with E-state index in [0.29, 0.717) is 6.54 Å². The average molecular weight is 654 g/mol. The maximum Gasteiger partial charge on any atom is 0.264 e. The van der Waals surface area contributed by atoms with Gasteiger partial charge in [-0.05, 0) is 47.9 Å². The van der Waals surface area contributed by atoms with Crippen LogP contribution in [0.4, 0.5) is 14.5 Å². The lowest BCUT2D eigenvalue weighted by atomic mass is 10.0. The first-order chi connectivity index (χ1) is 21.5. The number of amides is 2. The number of hydrogen-bond acceptors (Lipinski definition) is 4. The average Bonchev–Trinajstić information content (AvgIpc) is 3.03. The van der Waals surface area contributed by atoms with Gasteiger partial charge in [-0.1, -0.05) is 92.2 Å². The van der Waals surface area contributed by atoms with E-state index in [4.69, 9.17) is 11.6 Å². The monoisotopic (exact) mass is 653 g/mol. The molecule has 4 aromatic carbocycles. The van der Waals surface area contributed by atoms with Crippen molar-refractivity contribution < 1.29 is 26.8 Å². The number of benzene rings is 4. The molecule has 4 aromatic rings. The summed E-state index contributed by atoms with van der Waals surface area (Å²) < 4.78 is 57.8. The molecule has 0 saturated heterocycles. The lowest BCUT2D eigenvalue weighted by Crippen LogP contribution is -2.53. The van der Waals surface area contributed by atoms with Crippen LogP contribution in [0.3, 0.4) is 0 Å². The van der Waals surface area contributed by atoms with Crippen molar-refractivity contribution >= 4 is 39.1 Å². The van der Waals surface area contributed by atoms with E-state index in [0.717, 1.165) is 22.0 Å². The first-order valence-corrected chi connectivity index (χ1v) is 16.2. The van der Waals surface area contributed by atoms with Crippen molar-refractivity contribution in [3.63, 3.8) is 0 Å². The van der Waals surface area contributed by atoms with Gasteiger partial charge in [0.15, 0.2) is 0 Å². The Morgan fingerprint density at radius 2 is 1.47 bits per heavy atom. The molecule has 0 aromatic heterocycles. The third-order valence-electron chi connectivity index (χ3n) is 7.06. The van der Waals surface area contributed by atoms with Gasteiger partial charge in [-0.25, -0.2) is 17.2 Å². The molecule has 1 N–H and O–H groups in total. The normalized spacial score (nSPS) is 12.0. The smallest absolute Gasteiger partial charge is 0.264 e. The standard InChI is InChI=1S/C34H34ClF2N3O4S/c1-24(2)21-38-34(42)32(19-25-11-5-3-6-12-25)39(22-26-13-9-10-16-30(26)36)33(41)23-40(27-17-18-31(37)29(35)20-27)45(43,44)28-14-7-4-8-15-28/h3-18,20,24,32H,19,21-23H2,1-2H3,(H,38,42)/t32-/m0/s1. The number of carbonyl (C=O) groups is 2. The molecule has 4 rings (SSSR count). The molecule has 0 aliphatic rings. The van der Waals surface area contributed by atoms with Gasteiger partial charge in [-0.3, -0.25) is 13.9 Å².